The maximum absolute atomic E-state index is 11.0. The molecule has 3 heteroatoms. The summed E-state index contributed by atoms with van der Waals surface area (Å²) in [5.41, 5.74) is 0.490. The standard InChI is InChI=1S/C7H13NO2/c1-5-8(10-4)7(9)6(2)3/h2,5H2,1,3-4H3. The van der Waals surface area contributed by atoms with Crippen LogP contribution in [0.3, 0.4) is 0 Å². The lowest BCUT2D eigenvalue weighted by molar-refractivity contribution is -0.170. The molecule has 0 saturated heterocycles. The average molecular weight is 143 g/mol. The number of likely N-dealkylation sites (N-methyl/N-ethyl adjacent to an activating group) is 1. The third kappa shape index (κ3) is 2.19. The van der Waals surface area contributed by atoms with Gasteiger partial charge in [-0.2, -0.15) is 0 Å². The van der Waals surface area contributed by atoms with Crippen molar-refractivity contribution in [1.29, 1.82) is 0 Å². The van der Waals surface area contributed by atoms with Gasteiger partial charge in [0.1, 0.15) is 0 Å². The molecular formula is C7H13NO2. The lowest BCUT2D eigenvalue weighted by Crippen LogP contribution is -2.29. The molecule has 0 aromatic rings. The topological polar surface area (TPSA) is 29.5 Å². The van der Waals surface area contributed by atoms with Gasteiger partial charge in [0.2, 0.25) is 0 Å². The van der Waals surface area contributed by atoms with Gasteiger partial charge in [0, 0.05) is 12.1 Å². The van der Waals surface area contributed by atoms with Crippen LogP contribution in [0.25, 0.3) is 0 Å². The smallest absolute Gasteiger partial charge is 0.272 e. The van der Waals surface area contributed by atoms with Gasteiger partial charge in [-0.3, -0.25) is 9.63 Å². The van der Waals surface area contributed by atoms with Gasteiger partial charge in [-0.1, -0.05) is 6.58 Å². The van der Waals surface area contributed by atoms with E-state index >= 15 is 0 Å². The summed E-state index contributed by atoms with van der Waals surface area (Å²) in [7, 11) is 1.46. The van der Waals surface area contributed by atoms with E-state index in [2.05, 4.69) is 6.58 Å². The highest BCUT2D eigenvalue weighted by atomic mass is 16.7. The number of carbonyl (C=O) groups is 1. The fourth-order valence-corrected chi connectivity index (χ4v) is 0.568. The van der Waals surface area contributed by atoms with Crippen LogP contribution in [0.2, 0.25) is 0 Å². The molecule has 3 nitrogen and oxygen atoms in total. The molecule has 0 N–H and O–H groups in total. The Balaban J connectivity index is 4.02. The van der Waals surface area contributed by atoms with Crippen molar-refractivity contribution < 1.29 is 9.63 Å². The molecule has 0 rings (SSSR count). The zero-order chi connectivity index (χ0) is 8.15. The van der Waals surface area contributed by atoms with E-state index in [0.29, 0.717) is 12.1 Å². The largest absolute Gasteiger partial charge is 0.274 e. The summed E-state index contributed by atoms with van der Waals surface area (Å²) >= 11 is 0. The summed E-state index contributed by atoms with van der Waals surface area (Å²) < 4.78 is 0. The average Bonchev–Trinajstić information content (AvgIpc) is 1.90. The minimum atomic E-state index is -0.162. The summed E-state index contributed by atoms with van der Waals surface area (Å²) in [5.74, 6) is -0.162. The van der Waals surface area contributed by atoms with Gasteiger partial charge in [0.25, 0.3) is 5.91 Å². The third-order valence-corrected chi connectivity index (χ3v) is 1.10. The van der Waals surface area contributed by atoms with Crippen molar-refractivity contribution in [2.45, 2.75) is 13.8 Å². The van der Waals surface area contributed by atoms with Crippen LogP contribution < -0.4 is 0 Å². The van der Waals surface area contributed by atoms with Gasteiger partial charge in [0.05, 0.1) is 7.11 Å². The lowest BCUT2D eigenvalue weighted by atomic mass is 10.3. The fourth-order valence-electron chi connectivity index (χ4n) is 0.568. The minimum absolute atomic E-state index is 0.162. The Kier molecular flexibility index (Phi) is 3.72. The number of hydrogen-bond donors (Lipinski definition) is 0. The van der Waals surface area contributed by atoms with Crippen LogP contribution in [0.4, 0.5) is 0 Å². The third-order valence-electron chi connectivity index (χ3n) is 1.10. The Bertz CT molecular complexity index is 139. The van der Waals surface area contributed by atoms with Crippen LogP contribution >= 0.6 is 0 Å². The van der Waals surface area contributed by atoms with E-state index in [1.165, 1.54) is 12.2 Å². The molecule has 0 fully saturated rings. The maximum Gasteiger partial charge on any atom is 0.272 e. The van der Waals surface area contributed by atoms with Crippen molar-refractivity contribution in [3.8, 4) is 0 Å². The van der Waals surface area contributed by atoms with Crippen molar-refractivity contribution in [3.63, 3.8) is 0 Å². The first-order valence-electron chi connectivity index (χ1n) is 3.15. The van der Waals surface area contributed by atoms with E-state index in [-0.39, 0.29) is 5.91 Å². The molecule has 10 heavy (non-hydrogen) atoms. The molecule has 0 atom stereocenters. The number of amides is 1. The Labute approximate surface area is 61.2 Å². The molecule has 0 aromatic heterocycles. The van der Waals surface area contributed by atoms with Crippen LogP contribution in [0.5, 0.6) is 0 Å². The monoisotopic (exact) mass is 143 g/mol. The van der Waals surface area contributed by atoms with Crippen LogP contribution in [-0.2, 0) is 9.63 Å². The van der Waals surface area contributed by atoms with Gasteiger partial charge in [-0.15, -0.1) is 0 Å². The molecule has 0 aliphatic heterocycles. The number of carbonyl (C=O) groups excluding carboxylic acids is 1. The van der Waals surface area contributed by atoms with Crippen LogP contribution in [-0.4, -0.2) is 24.6 Å². The van der Waals surface area contributed by atoms with Gasteiger partial charge < -0.3 is 0 Å². The lowest BCUT2D eigenvalue weighted by Gasteiger charge is -2.16. The molecule has 0 unspecified atom stereocenters. The predicted octanol–water partition coefficient (Wildman–Crippen LogP) is 0.972. The van der Waals surface area contributed by atoms with E-state index in [9.17, 15) is 4.79 Å². The highest BCUT2D eigenvalue weighted by Gasteiger charge is 2.09. The van der Waals surface area contributed by atoms with Gasteiger partial charge in [-0.25, -0.2) is 5.06 Å². The van der Waals surface area contributed by atoms with Gasteiger partial charge >= 0.3 is 0 Å². The molecule has 0 aliphatic rings. The zero-order valence-corrected chi connectivity index (χ0v) is 6.68. The number of hydroxylamine groups is 2. The first kappa shape index (κ1) is 9.17. The maximum atomic E-state index is 11.0. The van der Waals surface area contributed by atoms with Gasteiger partial charge in [-0.05, 0) is 13.8 Å². The van der Waals surface area contributed by atoms with Crippen molar-refractivity contribution >= 4 is 5.91 Å². The second-order valence-electron chi connectivity index (χ2n) is 1.96. The first-order valence-corrected chi connectivity index (χ1v) is 3.15. The molecule has 0 spiro atoms. The Morgan fingerprint density at radius 2 is 2.20 bits per heavy atom. The number of hydrogen-bond acceptors (Lipinski definition) is 2. The SMILES string of the molecule is C=C(C)C(=O)N(CC)OC. The molecule has 0 heterocycles. The number of rotatable bonds is 3. The predicted molar refractivity (Wildman–Crippen MR) is 39.2 cm³/mol. The minimum Gasteiger partial charge on any atom is -0.274 e. The molecule has 0 saturated carbocycles. The van der Waals surface area contributed by atoms with Crippen molar-refractivity contribution in [2.24, 2.45) is 0 Å². The summed E-state index contributed by atoms with van der Waals surface area (Å²) in [4.78, 5) is 15.8. The van der Waals surface area contributed by atoms with E-state index in [0.717, 1.165) is 0 Å². The molecule has 0 radical (unpaired) electrons. The quantitative estimate of drug-likeness (QED) is 0.435. The second-order valence-corrected chi connectivity index (χ2v) is 1.96. The Morgan fingerprint density at radius 3 is 2.30 bits per heavy atom. The van der Waals surface area contributed by atoms with E-state index in [1.807, 2.05) is 6.92 Å². The molecule has 58 valence electrons. The number of nitrogens with zero attached hydrogens (tertiary/aromatic N) is 1. The van der Waals surface area contributed by atoms with E-state index < -0.39 is 0 Å². The highest BCUT2D eigenvalue weighted by molar-refractivity contribution is 5.91. The van der Waals surface area contributed by atoms with Crippen LogP contribution in [0.1, 0.15) is 13.8 Å². The normalized spacial score (nSPS) is 9.10. The van der Waals surface area contributed by atoms with Crippen LogP contribution in [0, 0.1) is 0 Å². The van der Waals surface area contributed by atoms with Crippen molar-refractivity contribution in [2.75, 3.05) is 13.7 Å². The second kappa shape index (κ2) is 4.06. The zero-order valence-electron chi connectivity index (χ0n) is 6.68. The highest BCUT2D eigenvalue weighted by Crippen LogP contribution is 1.97. The molecular weight excluding hydrogens is 130 g/mol. The van der Waals surface area contributed by atoms with E-state index in [1.54, 1.807) is 6.92 Å². The summed E-state index contributed by atoms with van der Waals surface area (Å²) in [6.45, 7) is 7.54. The molecule has 1 amide bonds. The van der Waals surface area contributed by atoms with Gasteiger partial charge in [0.15, 0.2) is 0 Å². The summed E-state index contributed by atoms with van der Waals surface area (Å²) in [6, 6.07) is 0. The van der Waals surface area contributed by atoms with Crippen molar-refractivity contribution in [3.05, 3.63) is 12.2 Å². The molecule has 0 aromatic carbocycles. The summed E-state index contributed by atoms with van der Waals surface area (Å²) in [5, 5.41) is 1.25. The van der Waals surface area contributed by atoms with Crippen LogP contribution in [0.15, 0.2) is 12.2 Å². The fraction of sp³-hybridized carbons (Fsp3) is 0.571. The Hall–Kier alpha value is -0.830. The van der Waals surface area contributed by atoms with Crippen molar-refractivity contribution in [1.82, 2.24) is 5.06 Å². The first-order chi connectivity index (χ1) is 4.63. The van der Waals surface area contributed by atoms with E-state index in [4.69, 9.17) is 4.84 Å². The molecule has 0 bridgehead atoms. The summed E-state index contributed by atoms with van der Waals surface area (Å²) in [6.07, 6.45) is 0. The molecule has 0 aliphatic carbocycles. The Morgan fingerprint density at radius 1 is 1.70 bits per heavy atom.